The van der Waals surface area contributed by atoms with Gasteiger partial charge in [0.1, 0.15) is 5.82 Å². The minimum atomic E-state index is -0.501. The number of carbonyl (C=O) groups excluding carboxylic acids is 1. The van der Waals surface area contributed by atoms with Crippen molar-refractivity contribution >= 4 is 6.03 Å². The Bertz CT molecular complexity index is 382. The summed E-state index contributed by atoms with van der Waals surface area (Å²) < 4.78 is 12.9. The molecule has 0 heterocycles. The first-order chi connectivity index (χ1) is 7.99. The van der Waals surface area contributed by atoms with Crippen LogP contribution in [0.25, 0.3) is 0 Å². The van der Waals surface area contributed by atoms with Crippen molar-refractivity contribution in [3.63, 3.8) is 0 Å². The number of carbonyl (C=O) groups is 1. The topological polar surface area (TPSA) is 72.3 Å². The van der Waals surface area contributed by atoms with Crippen LogP contribution in [0.4, 0.5) is 9.18 Å². The number of rotatable bonds is 5. The van der Waals surface area contributed by atoms with E-state index in [9.17, 15) is 9.18 Å². The monoisotopic (exact) mass is 239 g/mol. The van der Waals surface area contributed by atoms with Crippen LogP contribution in [0.15, 0.2) is 24.3 Å². The average Bonchev–Trinajstić information content (AvgIpc) is 2.23. The molecule has 0 bridgehead atoms. The fraction of sp³-hybridized carbons (Fsp3) is 0.417. The normalized spacial score (nSPS) is 12.2. The quantitative estimate of drug-likeness (QED) is 0.807. The van der Waals surface area contributed by atoms with E-state index in [1.54, 1.807) is 13.0 Å². The summed E-state index contributed by atoms with van der Waals surface area (Å²) in [7, 11) is 0. The maximum absolute atomic E-state index is 12.9. The number of urea groups is 1. The number of amides is 2. The molecule has 0 aromatic heterocycles. The molecule has 0 spiro atoms. The Balaban J connectivity index is 2.54. The molecular weight excluding hydrogens is 221 g/mol. The summed E-state index contributed by atoms with van der Waals surface area (Å²) in [6.45, 7) is 2.66. The minimum Gasteiger partial charge on any atom is -0.351 e. The Morgan fingerprint density at radius 3 is 2.76 bits per heavy atom. The van der Waals surface area contributed by atoms with E-state index in [0.29, 0.717) is 19.5 Å². The third-order valence-corrected chi connectivity index (χ3v) is 2.38. The fourth-order valence-electron chi connectivity index (χ4n) is 1.60. The third-order valence-electron chi connectivity index (χ3n) is 2.38. The lowest BCUT2D eigenvalue weighted by Crippen LogP contribution is -2.43. The maximum atomic E-state index is 12.9. The Morgan fingerprint density at radius 2 is 2.24 bits per heavy atom. The molecule has 4 N–H and O–H groups in total. The molecule has 0 fully saturated rings. The van der Waals surface area contributed by atoms with Crippen molar-refractivity contribution in [3.05, 3.63) is 35.6 Å². The van der Waals surface area contributed by atoms with Gasteiger partial charge < -0.3 is 16.4 Å². The molecule has 0 aliphatic rings. The summed E-state index contributed by atoms with van der Waals surface area (Å²) in [6, 6.07) is 5.66. The summed E-state index contributed by atoms with van der Waals surface area (Å²) in [5.41, 5.74) is 11.7. The minimum absolute atomic E-state index is 0.130. The second-order valence-corrected chi connectivity index (χ2v) is 4.14. The van der Waals surface area contributed by atoms with Crippen molar-refractivity contribution in [3.8, 4) is 0 Å². The van der Waals surface area contributed by atoms with Crippen molar-refractivity contribution < 1.29 is 9.18 Å². The van der Waals surface area contributed by atoms with Gasteiger partial charge in [0.2, 0.25) is 0 Å². The fourth-order valence-corrected chi connectivity index (χ4v) is 1.60. The first-order valence-electron chi connectivity index (χ1n) is 5.53. The number of halogens is 1. The molecule has 4 nitrogen and oxygen atoms in total. The number of primary amides is 1. The molecule has 1 aromatic carbocycles. The van der Waals surface area contributed by atoms with Gasteiger partial charge >= 0.3 is 6.03 Å². The Morgan fingerprint density at radius 1 is 1.53 bits per heavy atom. The van der Waals surface area contributed by atoms with Crippen LogP contribution in [0.5, 0.6) is 0 Å². The van der Waals surface area contributed by atoms with Gasteiger partial charge in [0.15, 0.2) is 0 Å². The highest BCUT2D eigenvalue weighted by molar-refractivity contribution is 5.72. The van der Waals surface area contributed by atoms with Crippen LogP contribution < -0.4 is 11.5 Å². The molecule has 1 aromatic rings. The summed E-state index contributed by atoms with van der Waals surface area (Å²) in [5, 5.41) is 0. The first kappa shape index (κ1) is 13.4. The Labute approximate surface area is 100 Å². The van der Waals surface area contributed by atoms with E-state index in [0.717, 1.165) is 5.56 Å². The van der Waals surface area contributed by atoms with Gasteiger partial charge in [-0.2, -0.15) is 0 Å². The van der Waals surface area contributed by atoms with E-state index in [1.807, 2.05) is 6.07 Å². The average molecular weight is 239 g/mol. The number of benzene rings is 1. The summed E-state index contributed by atoms with van der Waals surface area (Å²) in [4.78, 5) is 12.6. The molecule has 17 heavy (non-hydrogen) atoms. The van der Waals surface area contributed by atoms with Gasteiger partial charge in [-0.05, 0) is 31.0 Å². The number of hydrogen-bond acceptors (Lipinski definition) is 2. The van der Waals surface area contributed by atoms with E-state index < -0.39 is 6.03 Å². The van der Waals surface area contributed by atoms with Crippen molar-refractivity contribution in [1.82, 2.24) is 4.90 Å². The van der Waals surface area contributed by atoms with Crippen molar-refractivity contribution in [1.29, 1.82) is 0 Å². The summed E-state index contributed by atoms with van der Waals surface area (Å²) >= 11 is 0. The van der Waals surface area contributed by atoms with Gasteiger partial charge in [-0.1, -0.05) is 12.1 Å². The lowest BCUT2D eigenvalue weighted by molar-refractivity contribution is 0.205. The van der Waals surface area contributed by atoms with Crippen LogP contribution in [0.3, 0.4) is 0 Å². The first-order valence-corrected chi connectivity index (χ1v) is 5.53. The smallest absolute Gasteiger partial charge is 0.314 e. The van der Waals surface area contributed by atoms with Gasteiger partial charge in [-0.25, -0.2) is 9.18 Å². The van der Waals surface area contributed by atoms with Gasteiger partial charge in [0, 0.05) is 19.1 Å². The Kier molecular flexibility index (Phi) is 4.90. The van der Waals surface area contributed by atoms with Gasteiger partial charge in [-0.15, -0.1) is 0 Å². The summed E-state index contributed by atoms with van der Waals surface area (Å²) in [5.74, 6) is -0.277. The highest BCUT2D eigenvalue weighted by atomic mass is 19.1. The van der Waals surface area contributed by atoms with Crippen molar-refractivity contribution in [2.75, 3.05) is 13.1 Å². The lowest BCUT2D eigenvalue weighted by atomic mass is 10.1. The maximum Gasteiger partial charge on any atom is 0.314 e. The molecule has 1 unspecified atom stereocenters. The van der Waals surface area contributed by atoms with Crippen LogP contribution in [0, 0.1) is 5.82 Å². The second-order valence-electron chi connectivity index (χ2n) is 4.14. The molecule has 2 amide bonds. The van der Waals surface area contributed by atoms with Crippen LogP contribution in [0.1, 0.15) is 12.5 Å². The molecule has 0 saturated heterocycles. The van der Waals surface area contributed by atoms with Gasteiger partial charge in [-0.3, -0.25) is 0 Å². The molecular formula is C12H18FN3O. The molecule has 1 atom stereocenters. The van der Waals surface area contributed by atoms with Crippen LogP contribution in [0.2, 0.25) is 0 Å². The van der Waals surface area contributed by atoms with Crippen molar-refractivity contribution in [2.45, 2.75) is 19.4 Å². The molecule has 0 radical (unpaired) electrons. The van der Waals surface area contributed by atoms with E-state index in [-0.39, 0.29) is 11.9 Å². The molecule has 5 heteroatoms. The molecule has 1 rings (SSSR count). The van der Waals surface area contributed by atoms with Gasteiger partial charge in [0.25, 0.3) is 0 Å². The van der Waals surface area contributed by atoms with Crippen LogP contribution in [-0.4, -0.2) is 30.1 Å². The Hall–Kier alpha value is -1.62. The van der Waals surface area contributed by atoms with E-state index in [2.05, 4.69) is 0 Å². The van der Waals surface area contributed by atoms with Crippen molar-refractivity contribution in [2.24, 2.45) is 11.5 Å². The molecule has 94 valence electrons. The zero-order valence-corrected chi connectivity index (χ0v) is 9.90. The highest BCUT2D eigenvalue weighted by Gasteiger charge is 2.11. The molecule has 0 aliphatic carbocycles. The summed E-state index contributed by atoms with van der Waals surface area (Å²) in [6.07, 6.45) is 0.563. The van der Waals surface area contributed by atoms with E-state index in [4.69, 9.17) is 11.5 Å². The number of hydrogen-bond donors (Lipinski definition) is 2. The number of nitrogens with zero attached hydrogens (tertiary/aromatic N) is 1. The number of nitrogens with two attached hydrogens (primary N) is 2. The van der Waals surface area contributed by atoms with Crippen LogP contribution in [-0.2, 0) is 6.42 Å². The molecule has 0 saturated carbocycles. The van der Waals surface area contributed by atoms with Crippen LogP contribution >= 0.6 is 0 Å². The van der Waals surface area contributed by atoms with E-state index >= 15 is 0 Å². The largest absolute Gasteiger partial charge is 0.351 e. The zero-order valence-electron chi connectivity index (χ0n) is 9.90. The highest BCUT2D eigenvalue weighted by Crippen LogP contribution is 2.05. The third kappa shape index (κ3) is 4.82. The predicted molar refractivity (Wildman–Crippen MR) is 64.9 cm³/mol. The predicted octanol–water partition coefficient (Wildman–Crippen LogP) is 1.10. The molecule has 0 aliphatic heterocycles. The lowest BCUT2D eigenvalue weighted by Gasteiger charge is -2.22. The van der Waals surface area contributed by atoms with E-state index in [1.165, 1.54) is 17.0 Å². The SMILES string of the molecule is CC(N)CN(CCc1cccc(F)c1)C(N)=O. The standard InChI is InChI=1S/C12H18FN3O/c1-9(14)8-16(12(15)17)6-5-10-3-2-4-11(13)7-10/h2-4,7,9H,5-6,8,14H2,1H3,(H2,15,17). The van der Waals surface area contributed by atoms with Gasteiger partial charge in [0.05, 0.1) is 0 Å². The second kappa shape index (κ2) is 6.20. The zero-order chi connectivity index (χ0) is 12.8.